The average Bonchev–Trinajstić information content (AvgIpc) is 3.03. The zero-order valence-corrected chi connectivity index (χ0v) is 15.0. The van der Waals surface area contributed by atoms with Gasteiger partial charge in [-0.3, -0.25) is 4.79 Å². The molecule has 1 aliphatic rings. The zero-order valence-electron chi connectivity index (χ0n) is 15.0. The van der Waals surface area contributed by atoms with Gasteiger partial charge < -0.3 is 20.1 Å². The summed E-state index contributed by atoms with van der Waals surface area (Å²) in [6, 6.07) is 4.15. The number of H-pyrrole nitrogens is 1. The van der Waals surface area contributed by atoms with Gasteiger partial charge in [0.25, 0.3) is 5.91 Å². The molecular formula is C20H19FN4O3. The maximum absolute atomic E-state index is 14.1. The number of nitrogens with one attached hydrogen (secondary N) is 2. The normalized spacial score (nSPS) is 12.6. The number of amides is 1. The lowest BCUT2D eigenvalue weighted by Crippen LogP contribution is -2.13. The Morgan fingerprint density at radius 3 is 3.07 bits per heavy atom. The predicted molar refractivity (Wildman–Crippen MR) is 101 cm³/mol. The van der Waals surface area contributed by atoms with Crippen LogP contribution < -0.4 is 10.1 Å². The van der Waals surface area contributed by atoms with Gasteiger partial charge in [-0.15, -0.1) is 0 Å². The van der Waals surface area contributed by atoms with Crippen LogP contribution in [-0.2, 0) is 12.8 Å². The summed E-state index contributed by atoms with van der Waals surface area (Å²) >= 11 is 0. The van der Waals surface area contributed by atoms with Crippen molar-refractivity contribution in [2.45, 2.75) is 19.3 Å². The predicted octanol–water partition coefficient (Wildman–Crippen LogP) is 2.72. The van der Waals surface area contributed by atoms with Gasteiger partial charge in [0.05, 0.1) is 17.9 Å². The van der Waals surface area contributed by atoms with E-state index in [2.05, 4.69) is 20.3 Å². The van der Waals surface area contributed by atoms with Gasteiger partial charge >= 0.3 is 0 Å². The monoisotopic (exact) mass is 382 g/mol. The first-order valence-corrected chi connectivity index (χ1v) is 9.01. The van der Waals surface area contributed by atoms with Gasteiger partial charge in [0.15, 0.2) is 11.6 Å². The average molecular weight is 382 g/mol. The molecule has 0 aliphatic heterocycles. The summed E-state index contributed by atoms with van der Waals surface area (Å²) in [7, 11) is 0. The van der Waals surface area contributed by atoms with Crippen LogP contribution in [0.4, 0.5) is 10.1 Å². The first-order valence-electron chi connectivity index (χ1n) is 9.01. The molecule has 2 heterocycles. The second kappa shape index (κ2) is 7.77. The third-order valence-corrected chi connectivity index (χ3v) is 4.64. The van der Waals surface area contributed by atoms with E-state index in [1.165, 1.54) is 18.5 Å². The summed E-state index contributed by atoms with van der Waals surface area (Å²) in [5, 5.41) is 11.5. The molecule has 0 saturated carbocycles. The summed E-state index contributed by atoms with van der Waals surface area (Å²) in [5.74, 6) is -0.946. The minimum Gasteiger partial charge on any atom is -0.488 e. The summed E-state index contributed by atoms with van der Waals surface area (Å²) in [4.78, 5) is 24.5. The molecule has 0 unspecified atom stereocenters. The highest BCUT2D eigenvalue weighted by Gasteiger charge is 2.24. The van der Waals surface area contributed by atoms with Crippen LogP contribution in [0, 0.1) is 5.82 Å². The highest BCUT2D eigenvalue weighted by molar-refractivity contribution is 6.09. The highest BCUT2D eigenvalue weighted by atomic mass is 19.1. The molecule has 1 amide bonds. The van der Waals surface area contributed by atoms with Crippen molar-refractivity contribution >= 4 is 11.6 Å². The fourth-order valence-corrected chi connectivity index (χ4v) is 3.38. The fourth-order valence-electron chi connectivity index (χ4n) is 3.38. The number of carbonyl (C=O) groups is 1. The third-order valence-electron chi connectivity index (χ3n) is 4.64. The maximum atomic E-state index is 14.1. The van der Waals surface area contributed by atoms with E-state index in [4.69, 9.17) is 9.84 Å². The Hall–Kier alpha value is -3.26. The molecule has 1 aromatic carbocycles. The van der Waals surface area contributed by atoms with E-state index in [0.29, 0.717) is 11.3 Å². The number of fused-ring (bicyclic) bond motifs is 3. The second-order valence-electron chi connectivity index (χ2n) is 6.48. The van der Waals surface area contributed by atoms with Gasteiger partial charge in [-0.1, -0.05) is 0 Å². The smallest absolute Gasteiger partial charge is 0.257 e. The van der Waals surface area contributed by atoms with E-state index in [9.17, 15) is 9.18 Å². The Kier molecular flexibility index (Phi) is 5.03. The standard InChI is InChI=1S/C20H19FN4O3/c21-15-8-13(4-5-17(15)28-7-6-26)25-20(27)14-10-23-16-3-1-2-12-9-22-11-24-19(12)18(14)16/h4-5,8-11,23,26H,1-3,6-7H2,(H,25,27). The number of aliphatic hydroxyl groups is 1. The van der Waals surface area contributed by atoms with Crippen molar-refractivity contribution in [3.05, 3.63) is 59.6 Å². The number of carbonyl (C=O) groups excluding carboxylic acids is 1. The largest absolute Gasteiger partial charge is 0.488 e. The SMILES string of the molecule is O=C(Nc1ccc(OCCO)c(F)c1)c1c[nH]c2c1-c1ncncc1CCC2. The Bertz CT molecular complexity index is 1020. The molecule has 0 spiro atoms. The number of ether oxygens (including phenoxy) is 1. The number of benzene rings is 1. The zero-order chi connectivity index (χ0) is 19.5. The van der Waals surface area contributed by atoms with E-state index in [-0.39, 0.29) is 24.9 Å². The third kappa shape index (κ3) is 3.46. The Labute approximate surface area is 160 Å². The molecule has 2 aromatic heterocycles. The Morgan fingerprint density at radius 1 is 1.36 bits per heavy atom. The summed E-state index contributed by atoms with van der Waals surface area (Å²) in [6.07, 6.45) is 7.52. The van der Waals surface area contributed by atoms with Crippen molar-refractivity contribution in [1.82, 2.24) is 15.0 Å². The quantitative estimate of drug-likeness (QED) is 0.630. The van der Waals surface area contributed by atoms with Gasteiger partial charge in [-0.05, 0) is 37.0 Å². The van der Waals surface area contributed by atoms with Crippen LogP contribution >= 0.6 is 0 Å². The number of nitrogens with zero attached hydrogens (tertiary/aromatic N) is 2. The van der Waals surface area contributed by atoms with E-state index < -0.39 is 5.82 Å². The summed E-state index contributed by atoms with van der Waals surface area (Å²) in [5.41, 5.74) is 4.26. The van der Waals surface area contributed by atoms with Crippen LogP contribution in [0.2, 0.25) is 0 Å². The van der Waals surface area contributed by atoms with Crippen LogP contribution in [0.25, 0.3) is 11.3 Å². The van der Waals surface area contributed by atoms with Crippen LogP contribution in [-0.4, -0.2) is 39.2 Å². The summed E-state index contributed by atoms with van der Waals surface area (Å²) < 4.78 is 19.2. The topological polar surface area (TPSA) is 100 Å². The van der Waals surface area contributed by atoms with Gasteiger partial charge in [0, 0.05) is 35.4 Å². The van der Waals surface area contributed by atoms with Crippen molar-refractivity contribution in [3.8, 4) is 17.0 Å². The summed E-state index contributed by atoms with van der Waals surface area (Å²) in [6.45, 7) is -0.207. The molecule has 3 aromatic rings. The molecule has 0 bridgehead atoms. The number of halogens is 1. The maximum Gasteiger partial charge on any atom is 0.257 e. The minimum absolute atomic E-state index is 0.000616. The van der Waals surface area contributed by atoms with Crippen LogP contribution in [0.3, 0.4) is 0 Å². The van der Waals surface area contributed by atoms with Crippen molar-refractivity contribution in [3.63, 3.8) is 0 Å². The molecule has 1 aliphatic carbocycles. The number of aliphatic hydroxyl groups excluding tert-OH is 1. The molecule has 7 nitrogen and oxygen atoms in total. The number of aromatic nitrogens is 3. The molecule has 3 N–H and O–H groups in total. The van der Waals surface area contributed by atoms with E-state index >= 15 is 0 Å². The molecule has 0 saturated heterocycles. The van der Waals surface area contributed by atoms with Gasteiger partial charge in [-0.25, -0.2) is 14.4 Å². The number of hydrogen-bond donors (Lipinski definition) is 3. The van der Waals surface area contributed by atoms with E-state index in [1.54, 1.807) is 18.5 Å². The molecule has 8 heteroatoms. The molecule has 0 atom stereocenters. The van der Waals surface area contributed by atoms with Crippen molar-refractivity contribution in [1.29, 1.82) is 0 Å². The highest BCUT2D eigenvalue weighted by Crippen LogP contribution is 2.33. The number of hydrogen-bond acceptors (Lipinski definition) is 5. The minimum atomic E-state index is -0.614. The van der Waals surface area contributed by atoms with Crippen molar-refractivity contribution < 1.29 is 19.0 Å². The lowest BCUT2D eigenvalue weighted by atomic mass is 10.0. The lowest BCUT2D eigenvalue weighted by Gasteiger charge is -2.10. The Balaban J connectivity index is 1.61. The van der Waals surface area contributed by atoms with Gasteiger partial charge in [0.1, 0.15) is 12.9 Å². The number of aryl methyl sites for hydroxylation is 2. The van der Waals surface area contributed by atoms with Gasteiger partial charge in [0.2, 0.25) is 0 Å². The van der Waals surface area contributed by atoms with Crippen LogP contribution in [0.5, 0.6) is 5.75 Å². The first-order chi connectivity index (χ1) is 13.7. The molecule has 144 valence electrons. The van der Waals surface area contributed by atoms with Crippen molar-refractivity contribution in [2.75, 3.05) is 18.5 Å². The molecule has 4 rings (SSSR count). The molecule has 28 heavy (non-hydrogen) atoms. The fraction of sp³-hybridized carbons (Fsp3) is 0.250. The number of rotatable bonds is 5. The van der Waals surface area contributed by atoms with E-state index in [1.807, 2.05) is 0 Å². The number of aromatic amines is 1. The van der Waals surface area contributed by atoms with E-state index in [0.717, 1.165) is 41.8 Å². The molecule has 0 fully saturated rings. The number of anilines is 1. The van der Waals surface area contributed by atoms with Crippen molar-refractivity contribution in [2.24, 2.45) is 0 Å². The Morgan fingerprint density at radius 2 is 2.25 bits per heavy atom. The first kappa shape index (κ1) is 18.1. The van der Waals surface area contributed by atoms with Crippen LogP contribution in [0.1, 0.15) is 28.0 Å². The van der Waals surface area contributed by atoms with Crippen LogP contribution in [0.15, 0.2) is 36.9 Å². The second-order valence-corrected chi connectivity index (χ2v) is 6.48. The molecule has 0 radical (unpaired) electrons. The molecular weight excluding hydrogens is 363 g/mol. The van der Waals surface area contributed by atoms with Gasteiger partial charge in [-0.2, -0.15) is 0 Å². The lowest BCUT2D eigenvalue weighted by molar-refractivity contribution is 0.102.